The Morgan fingerprint density at radius 2 is 2.18 bits per heavy atom. The molecule has 0 saturated carbocycles. The molecule has 0 atom stereocenters. The zero-order valence-corrected chi connectivity index (χ0v) is 9.55. The number of anilines is 1. The molecule has 86 valence electrons. The number of nitrogens with two attached hydrogens (primary N) is 1. The number of nitrogens with zero attached hydrogens (tertiary/aromatic N) is 2. The van der Waals surface area contributed by atoms with Crippen molar-refractivity contribution >= 4 is 11.5 Å². The number of pyridine rings is 2. The quantitative estimate of drug-likeness (QED) is 0.812. The van der Waals surface area contributed by atoms with E-state index in [-0.39, 0.29) is 5.78 Å². The summed E-state index contributed by atoms with van der Waals surface area (Å²) in [5.41, 5.74) is 7.96. The van der Waals surface area contributed by atoms with Gasteiger partial charge in [0.05, 0.1) is 5.56 Å². The Labute approximate surface area is 99.5 Å². The van der Waals surface area contributed by atoms with Crippen molar-refractivity contribution in [1.82, 2.24) is 9.97 Å². The van der Waals surface area contributed by atoms with Crippen LogP contribution in [0, 0.1) is 0 Å². The Morgan fingerprint density at radius 3 is 2.88 bits per heavy atom. The third kappa shape index (κ3) is 2.15. The van der Waals surface area contributed by atoms with E-state index in [4.69, 9.17) is 5.73 Å². The molecule has 0 aromatic carbocycles. The van der Waals surface area contributed by atoms with Crippen LogP contribution in [0.5, 0.6) is 0 Å². The summed E-state index contributed by atoms with van der Waals surface area (Å²) in [6.07, 6.45) is 5.41. The number of hydrogen-bond acceptors (Lipinski definition) is 4. The number of ketones is 1. The highest BCUT2D eigenvalue weighted by Crippen LogP contribution is 2.16. The minimum absolute atomic E-state index is 0.173. The van der Waals surface area contributed by atoms with E-state index in [1.54, 1.807) is 18.5 Å². The second kappa shape index (κ2) is 4.74. The summed E-state index contributed by atoms with van der Waals surface area (Å²) in [7, 11) is 0. The number of rotatable bonds is 3. The van der Waals surface area contributed by atoms with Gasteiger partial charge in [-0.1, -0.05) is 13.0 Å². The average molecular weight is 227 g/mol. The first kappa shape index (κ1) is 11.3. The topological polar surface area (TPSA) is 68.9 Å². The summed E-state index contributed by atoms with van der Waals surface area (Å²) < 4.78 is 0. The molecule has 0 aliphatic carbocycles. The van der Waals surface area contributed by atoms with Gasteiger partial charge in [0.1, 0.15) is 5.69 Å². The van der Waals surface area contributed by atoms with Crippen LogP contribution >= 0.6 is 0 Å². The van der Waals surface area contributed by atoms with Crippen molar-refractivity contribution in [3.8, 4) is 0 Å². The van der Waals surface area contributed by atoms with Gasteiger partial charge in [-0.3, -0.25) is 14.8 Å². The lowest BCUT2D eigenvalue weighted by molar-refractivity contribution is 0.103. The number of nitrogen functional groups attached to an aromatic ring is 1. The summed E-state index contributed by atoms with van der Waals surface area (Å²) in [5.74, 6) is -0.173. The first-order valence-electron chi connectivity index (χ1n) is 5.42. The number of carbonyl (C=O) groups excluding carboxylic acids is 1. The van der Waals surface area contributed by atoms with Crippen molar-refractivity contribution in [2.24, 2.45) is 0 Å². The number of hydrogen-bond donors (Lipinski definition) is 1. The number of aryl methyl sites for hydroxylation is 1. The summed E-state index contributed by atoms with van der Waals surface area (Å²) >= 11 is 0. The smallest absolute Gasteiger partial charge is 0.215 e. The lowest BCUT2D eigenvalue weighted by atomic mass is 10.0. The fourth-order valence-corrected chi connectivity index (χ4v) is 1.65. The van der Waals surface area contributed by atoms with Crippen molar-refractivity contribution in [2.75, 3.05) is 5.73 Å². The fourth-order valence-electron chi connectivity index (χ4n) is 1.65. The van der Waals surface area contributed by atoms with E-state index in [2.05, 4.69) is 9.97 Å². The minimum Gasteiger partial charge on any atom is -0.398 e. The predicted molar refractivity (Wildman–Crippen MR) is 65.7 cm³/mol. The Morgan fingerprint density at radius 1 is 1.35 bits per heavy atom. The second-order valence-corrected chi connectivity index (χ2v) is 3.66. The van der Waals surface area contributed by atoms with E-state index < -0.39 is 0 Å². The van der Waals surface area contributed by atoms with Gasteiger partial charge in [0.15, 0.2) is 0 Å². The Hall–Kier alpha value is -2.23. The van der Waals surface area contributed by atoms with Gasteiger partial charge in [-0.05, 0) is 24.1 Å². The highest BCUT2D eigenvalue weighted by atomic mass is 16.1. The van der Waals surface area contributed by atoms with Crippen LogP contribution < -0.4 is 5.73 Å². The summed E-state index contributed by atoms with van der Waals surface area (Å²) in [5, 5.41) is 0. The number of carbonyl (C=O) groups is 1. The number of aromatic nitrogens is 2. The monoisotopic (exact) mass is 227 g/mol. The molecular weight excluding hydrogens is 214 g/mol. The van der Waals surface area contributed by atoms with E-state index in [1.807, 2.05) is 19.1 Å². The van der Waals surface area contributed by atoms with Crippen LogP contribution in [0.1, 0.15) is 28.5 Å². The van der Waals surface area contributed by atoms with Crippen molar-refractivity contribution in [3.05, 3.63) is 53.6 Å². The first-order chi connectivity index (χ1) is 8.24. The van der Waals surface area contributed by atoms with Crippen LogP contribution in [0.3, 0.4) is 0 Å². The molecule has 0 spiro atoms. The lowest BCUT2D eigenvalue weighted by Crippen LogP contribution is -2.10. The molecule has 0 aliphatic rings. The van der Waals surface area contributed by atoms with Crippen LogP contribution in [-0.2, 0) is 6.42 Å². The van der Waals surface area contributed by atoms with Gasteiger partial charge in [0, 0.05) is 24.3 Å². The normalized spacial score (nSPS) is 10.2. The molecule has 0 radical (unpaired) electrons. The summed E-state index contributed by atoms with van der Waals surface area (Å²) in [4.78, 5) is 20.3. The highest BCUT2D eigenvalue weighted by molar-refractivity contribution is 6.11. The molecule has 0 saturated heterocycles. The minimum atomic E-state index is -0.173. The van der Waals surface area contributed by atoms with Crippen LogP contribution in [0.4, 0.5) is 5.69 Å². The molecule has 4 heteroatoms. The molecule has 0 bridgehead atoms. The highest BCUT2D eigenvalue weighted by Gasteiger charge is 2.16. The Balaban J connectivity index is 2.48. The lowest BCUT2D eigenvalue weighted by Gasteiger charge is -2.06. The maximum absolute atomic E-state index is 12.3. The van der Waals surface area contributed by atoms with Crippen molar-refractivity contribution < 1.29 is 4.79 Å². The largest absolute Gasteiger partial charge is 0.398 e. The molecule has 2 N–H and O–H groups in total. The van der Waals surface area contributed by atoms with Gasteiger partial charge in [-0.2, -0.15) is 0 Å². The summed E-state index contributed by atoms with van der Waals surface area (Å²) in [6, 6.07) is 5.33. The van der Waals surface area contributed by atoms with Crippen molar-refractivity contribution in [1.29, 1.82) is 0 Å². The van der Waals surface area contributed by atoms with Crippen molar-refractivity contribution in [2.45, 2.75) is 13.3 Å². The SMILES string of the molecule is CCc1cccnc1C(=O)c1cnccc1N. The fraction of sp³-hybridized carbons (Fsp3) is 0.154. The molecule has 0 unspecified atom stereocenters. The molecule has 2 heterocycles. The van der Waals surface area contributed by atoms with Crippen LogP contribution in [0.25, 0.3) is 0 Å². The van der Waals surface area contributed by atoms with Gasteiger partial charge in [-0.15, -0.1) is 0 Å². The Kier molecular flexibility index (Phi) is 3.14. The first-order valence-corrected chi connectivity index (χ1v) is 5.42. The average Bonchev–Trinajstić information content (AvgIpc) is 2.38. The maximum Gasteiger partial charge on any atom is 0.215 e. The molecule has 0 aliphatic heterocycles. The zero-order chi connectivity index (χ0) is 12.3. The third-order valence-electron chi connectivity index (χ3n) is 2.59. The molecule has 2 aromatic heterocycles. The van der Waals surface area contributed by atoms with Gasteiger partial charge < -0.3 is 5.73 Å². The van der Waals surface area contributed by atoms with Crippen LogP contribution in [-0.4, -0.2) is 15.8 Å². The van der Waals surface area contributed by atoms with Gasteiger partial charge in [-0.25, -0.2) is 0 Å². The molecule has 0 fully saturated rings. The van der Waals surface area contributed by atoms with Gasteiger partial charge in [0.2, 0.25) is 5.78 Å². The van der Waals surface area contributed by atoms with E-state index in [1.165, 1.54) is 6.20 Å². The zero-order valence-electron chi connectivity index (χ0n) is 9.55. The molecule has 0 amide bonds. The van der Waals surface area contributed by atoms with E-state index in [9.17, 15) is 4.79 Å². The standard InChI is InChI=1S/C13H13N3O/c1-2-9-4-3-6-16-12(9)13(17)10-8-15-7-5-11(10)14/h3-8H,2H2,1H3,(H2,14,15). The molecule has 2 rings (SSSR count). The van der Waals surface area contributed by atoms with E-state index >= 15 is 0 Å². The Bertz CT molecular complexity index is 552. The molecule has 2 aromatic rings. The molecular formula is C13H13N3O. The van der Waals surface area contributed by atoms with Gasteiger partial charge >= 0.3 is 0 Å². The van der Waals surface area contributed by atoms with Crippen LogP contribution in [0.2, 0.25) is 0 Å². The van der Waals surface area contributed by atoms with E-state index in [0.29, 0.717) is 16.9 Å². The van der Waals surface area contributed by atoms with Crippen molar-refractivity contribution in [3.63, 3.8) is 0 Å². The van der Waals surface area contributed by atoms with Crippen LogP contribution in [0.15, 0.2) is 36.8 Å². The summed E-state index contributed by atoms with van der Waals surface area (Å²) in [6.45, 7) is 1.99. The second-order valence-electron chi connectivity index (χ2n) is 3.66. The third-order valence-corrected chi connectivity index (χ3v) is 2.59. The predicted octanol–water partition coefficient (Wildman–Crippen LogP) is 1.85. The van der Waals surface area contributed by atoms with E-state index in [0.717, 1.165) is 12.0 Å². The van der Waals surface area contributed by atoms with Gasteiger partial charge in [0.25, 0.3) is 0 Å². The molecule has 17 heavy (non-hydrogen) atoms. The molecule has 4 nitrogen and oxygen atoms in total. The maximum atomic E-state index is 12.3.